The summed E-state index contributed by atoms with van der Waals surface area (Å²) in [5, 5.41) is 2.63. The van der Waals surface area contributed by atoms with E-state index in [1.54, 1.807) is 4.90 Å². The van der Waals surface area contributed by atoms with Gasteiger partial charge in [0.2, 0.25) is 11.8 Å². The van der Waals surface area contributed by atoms with Crippen molar-refractivity contribution in [3.8, 4) is 0 Å². The largest absolute Gasteiger partial charge is 0.379 e. The monoisotopic (exact) mass is 256 g/mol. The minimum Gasteiger partial charge on any atom is -0.379 e. The lowest BCUT2D eigenvalue weighted by Gasteiger charge is -2.37. The number of hydrogen-bond donors (Lipinski definition) is 1. The van der Waals surface area contributed by atoms with Crippen molar-refractivity contribution < 1.29 is 14.3 Å². The highest BCUT2D eigenvalue weighted by molar-refractivity contribution is 5.94. The molecule has 1 saturated heterocycles. The van der Waals surface area contributed by atoms with Gasteiger partial charge in [-0.05, 0) is 11.8 Å². The van der Waals surface area contributed by atoms with Crippen LogP contribution < -0.4 is 5.32 Å². The van der Waals surface area contributed by atoms with Crippen LogP contribution in [0.25, 0.3) is 0 Å². The second-order valence-electron chi connectivity index (χ2n) is 5.46. The molecule has 1 aliphatic rings. The Balaban J connectivity index is 2.52. The first kappa shape index (κ1) is 15.0. The van der Waals surface area contributed by atoms with Crippen molar-refractivity contribution in [2.24, 2.45) is 11.8 Å². The molecule has 18 heavy (non-hydrogen) atoms. The minimum absolute atomic E-state index is 0.0264. The fourth-order valence-corrected chi connectivity index (χ4v) is 2.07. The Labute approximate surface area is 109 Å². The Morgan fingerprint density at radius 1 is 1.33 bits per heavy atom. The van der Waals surface area contributed by atoms with Crippen LogP contribution in [-0.2, 0) is 14.3 Å². The molecule has 0 aliphatic carbocycles. The zero-order valence-corrected chi connectivity index (χ0v) is 11.7. The molecule has 0 aromatic rings. The molecule has 1 N–H and O–H groups in total. The predicted octanol–water partition coefficient (Wildman–Crippen LogP) is 0.642. The maximum Gasteiger partial charge on any atom is 0.243 e. The molecule has 1 atom stereocenters. The smallest absolute Gasteiger partial charge is 0.243 e. The van der Waals surface area contributed by atoms with Crippen molar-refractivity contribution in [3.63, 3.8) is 0 Å². The van der Waals surface area contributed by atoms with Crippen LogP contribution in [-0.4, -0.2) is 49.1 Å². The van der Waals surface area contributed by atoms with E-state index in [9.17, 15) is 9.59 Å². The van der Waals surface area contributed by atoms with E-state index < -0.39 is 0 Å². The maximum atomic E-state index is 11.8. The number of piperazine rings is 1. The van der Waals surface area contributed by atoms with Crippen molar-refractivity contribution in [2.75, 3.05) is 26.3 Å². The number of nitrogens with one attached hydrogen (secondary N) is 1. The van der Waals surface area contributed by atoms with Crippen molar-refractivity contribution in [2.45, 2.75) is 33.7 Å². The van der Waals surface area contributed by atoms with Gasteiger partial charge in [0.1, 0.15) is 6.04 Å². The highest BCUT2D eigenvalue weighted by Gasteiger charge is 2.35. The second kappa shape index (κ2) is 6.73. The maximum absolute atomic E-state index is 11.8. The number of rotatable bonds is 6. The van der Waals surface area contributed by atoms with E-state index in [-0.39, 0.29) is 30.3 Å². The minimum atomic E-state index is -0.367. The van der Waals surface area contributed by atoms with E-state index in [0.717, 1.165) is 0 Å². The van der Waals surface area contributed by atoms with Gasteiger partial charge in [0.05, 0.1) is 13.2 Å². The summed E-state index contributed by atoms with van der Waals surface area (Å²) < 4.78 is 5.48. The van der Waals surface area contributed by atoms with E-state index in [1.807, 2.05) is 13.8 Å². The Morgan fingerprint density at radius 2 is 2.00 bits per heavy atom. The van der Waals surface area contributed by atoms with Gasteiger partial charge < -0.3 is 15.0 Å². The fraction of sp³-hybridized carbons (Fsp3) is 0.846. The molecule has 104 valence electrons. The van der Waals surface area contributed by atoms with Gasteiger partial charge in [0, 0.05) is 13.2 Å². The Hall–Kier alpha value is -1.10. The number of carbonyl (C=O) groups excluding carboxylic acids is 2. The Morgan fingerprint density at radius 3 is 2.56 bits per heavy atom. The average molecular weight is 256 g/mol. The molecule has 2 amide bonds. The number of ether oxygens (including phenoxy) is 1. The summed E-state index contributed by atoms with van der Waals surface area (Å²) in [5.41, 5.74) is 0. The Bertz CT molecular complexity index is 303. The Kier molecular flexibility index (Phi) is 5.59. The molecule has 0 radical (unpaired) electrons. The molecule has 0 aromatic heterocycles. The molecule has 1 heterocycles. The van der Waals surface area contributed by atoms with E-state index in [1.165, 1.54) is 0 Å². The van der Waals surface area contributed by atoms with Gasteiger partial charge in [0.25, 0.3) is 0 Å². The quantitative estimate of drug-likeness (QED) is 0.710. The van der Waals surface area contributed by atoms with Gasteiger partial charge in [-0.3, -0.25) is 9.59 Å². The summed E-state index contributed by atoms with van der Waals surface area (Å²) in [7, 11) is 0. The number of carbonyl (C=O) groups is 2. The summed E-state index contributed by atoms with van der Waals surface area (Å²) in [6.07, 6.45) is 0. The molecule has 1 rings (SSSR count). The molecule has 5 nitrogen and oxygen atoms in total. The second-order valence-corrected chi connectivity index (χ2v) is 5.46. The fourth-order valence-electron chi connectivity index (χ4n) is 2.07. The first-order chi connectivity index (χ1) is 8.43. The van der Waals surface area contributed by atoms with Crippen molar-refractivity contribution in [3.05, 3.63) is 0 Å². The van der Waals surface area contributed by atoms with E-state index in [0.29, 0.717) is 25.7 Å². The molecule has 0 aromatic carbocycles. The van der Waals surface area contributed by atoms with Crippen LogP contribution in [0.1, 0.15) is 27.7 Å². The lowest BCUT2D eigenvalue weighted by Crippen LogP contribution is -2.60. The van der Waals surface area contributed by atoms with Crippen LogP contribution in [0, 0.1) is 11.8 Å². The third-order valence-corrected chi connectivity index (χ3v) is 2.90. The van der Waals surface area contributed by atoms with Gasteiger partial charge in [-0.2, -0.15) is 0 Å². The van der Waals surface area contributed by atoms with Crippen LogP contribution in [0.5, 0.6) is 0 Å². The summed E-state index contributed by atoms with van der Waals surface area (Å²) >= 11 is 0. The SMILES string of the molecule is CC(C)COCCN1C(=O)CNC(=O)C1C(C)C. The van der Waals surface area contributed by atoms with Crippen molar-refractivity contribution >= 4 is 11.8 Å². The molecule has 1 aliphatic heterocycles. The van der Waals surface area contributed by atoms with E-state index in [2.05, 4.69) is 19.2 Å². The summed E-state index contributed by atoms with van der Waals surface area (Å²) in [4.78, 5) is 25.3. The number of amides is 2. The van der Waals surface area contributed by atoms with E-state index in [4.69, 9.17) is 4.74 Å². The van der Waals surface area contributed by atoms with Crippen LogP contribution in [0.15, 0.2) is 0 Å². The van der Waals surface area contributed by atoms with Gasteiger partial charge in [-0.15, -0.1) is 0 Å². The van der Waals surface area contributed by atoms with Crippen LogP contribution >= 0.6 is 0 Å². The molecule has 5 heteroatoms. The molecule has 1 unspecified atom stereocenters. The zero-order valence-electron chi connectivity index (χ0n) is 11.7. The van der Waals surface area contributed by atoms with Crippen LogP contribution in [0.4, 0.5) is 0 Å². The first-order valence-corrected chi connectivity index (χ1v) is 6.58. The van der Waals surface area contributed by atoms with Gasteiger partial charge >= 0.3 is 0 Å². The zero-order chi connectivity index (χ0) is 13.7. The highest BCUT2D eigenvalue weighted by Crippen LogP contribution is 2.14. The highest BCUT2D eigenvalue weighted by atomic mass is 16.5. The van der Waals surface area contributed by atoms with Crippen LogP contribution in [0.2, 0.25) is 0 Å². The average Bonchev–Trinajstić information content (AvgIpc) is 2.27. The summed E-state index contributed by atoms with van der Waals surface area (Å²) in [5.74, 6) is 0.500. The molecule has 1 fully saturated rings. The van der Waals surface area contributed by atoms with Crippen LogP contribution in [0.3, 0.4) is 0 Å². The standard InChI is InChI=1S/C13H24N2O3/c1-9(2)8-18-6-5-15-11(16)7-14-13(17)12(15)10(3)4/h9-10,12H,5-8H2,1-4H3,(H,14,17). The van der Waals surface area contributed by atoms with Crippen molar-refractivity contribution in [1.82, 2.24) is 10.2 Å². The molecular weight excluding hydrogens is 232 g/mol. The third-order valence-electron chi connectivity index (χ3n) is 2.90. The van der Waals surface area contributed by atoms with E-state index >= 15 is 0 Å². The van der Waals surface area contributed by atoms with Gasteiger partial charge in [0.15, 0.2) is 0 Å². The third kappa shape index (κ3) is 3.98. The van der Waals surface area contributed by atoms with Crippen molar-refractivity contribution in [1.29, 1.82) is 0 Å². The molecule has 0 bridgehead atoms. The first-order valence-electron chi connectivity index (χ1n) is 6.58. The molecular formula is C13H24N2O3. The predicted molar refractivity (Wildman–Crippen MR) is 69.0 cm³/mol. The summed E-state index contributed by atoms with van der Waals surface area (Å²) in [6.45, 7) is 9.82. The van der Waals surface area contributed by atoms with Gasteiger partial charge in [-0.1, -0.05) is 27.7 Å². The normalized spacial score (nSPS) is 20.8. The number of hydrogen-bond acceptors (Lipinski definition) is 3. The van der Waals surface area contributed by atoms with Gasteiger partial charge in [-0.25, -0.2) is 0 Å². The topological polar surface area (TPSA) is 58.6 Å². The molecule has 0 spiro atoms. The summed E-state index contributed by atoms with van der Waals surface area (Å²) in [6, 6.07) is -0.367. The lowest BCUT2D eigenvalue weighted by molar-refractivity contribution is -0.148. The lowest BCUT2D eigenvalue weighted by atomic mass is 9.99. The number of nitrogens with zero attached hydrogens (tertiary/aromatic N) is 1. The molecule has 0 saturated carbocycles.